The smallest absolute Gasteiger partial charge is 0.199 e. The highest BCUT2D eigenvalue weighted by atomic mass is 32.1. The Hall–Kier alpha value is -1.56. The number of benzene rings is 1. The van der Waals surface area contributed by atoms with Crippen molar-refractivity contribution >= 4 is 12.2 Å². The summed E-state index contributed by atoms with van der Waals surface area (Å²) >= 11 is 4.98. The molecule has 0 radical (unpaired) electrons. The molecule has 0 aliphatic carbocycles. The summed E-state index contributed by atoms with van der Waals surface area (Å²) in [5.41, 5.74) is 0.0793. The van der Waals surface area contributed by atoms with E-state index < -0.39 is 11.6 Å². The second kappa shape index (κ2) is 4.13. The van der Waals surface area contributed by atoms with Crippen LogP contribution in [0, 0.1) is 16.4 Å². The van der Waals surface area contributed by atoms with Crippen molar-refractivity contribution in [2.24, 2.45) is 0 Å². The SMILES string of the molecule is CCc1n[nH]c(=S)n1-c1cccc(F)c1F. The molecule has 0 saturated carbocycles. The summed E-state index contributed by atoms with van der Waals surface area (Å²) in [6, 6.07) is 3.96. The van der Waals surface area contributed by atoms with Gasteiger partial charge < -0.3 is 0 Å². The average molecular weight is 241 g/mol. The fourth-order valence-corrected chi connectivity index (χ4v) is 1.73. The number of halogens is 2. The van der Waals surface area contributed by atoms with Crippen molar-refractivity contribution < 1.29 is 8.78 Å². The fraction of sp³-hybridized carbons (Fsp3) is 0.200. The van der Waals surface area contributed by atoms with Crippen molar-refractivity contribution in [3.63, 3.8) is 0 Å². The molecule has 1 heterocycles. The fourth-order valence-electron chi connectivity index (χ4n) is 1.48. The number of aryl methyl sites for hydroxylation is 1. The highest BCUT2D eigenvalue weighted by molar-refractivity contribution is 7.71. The number of hydrogen-bond donors (Lipinski definition) is 1. The van der Waals surface area contributed by atoms with E-state index in [2.05, 4.69) is 10.2 Å². The first kappa shape index (κ1) is 10.9. The highest BCUT2D eigenvalue weighted by Gasteiger charge is 2.13. The second-order valence-corrected chi connectivity index (χ2v) is 3.59. The molecule has 84 valence electrons. The van der Waals surface area contributed by atoms with E-state index in [4.69, 9.17) is 12.2 Å². The molecule has 2 rings (SSSR count). The summed E-state index contributed by atoms with van der Waals surface area (Å²) in [6.07, 6.45) is 0.573. The Morgan fingerprint density at radius 3 is 2.88 bits per heavy atom. The maximum Gasteiger partial charge on any atom is 0.199 e. The minimum absolute atomic E-state index is 0.0793. The Morgan fingerprint density at radius 2 is 2.19 bits per heavy atom. The van der Waals surface area contributed by atoms with Gasteiger partial charge in [0.25, 0.3) is 0 Å². The van der Waals surface area contributed by atoms with Crippen LogP contribution in [0.25, 0.3) is 5.69 Å². The van der Waals surface area contributed by atoms with E-state index in [1.54, 1.807) is 0 Å². The van der Waals surface area contributed by atoms with Crippen LogP contribution in [0.5, 0.6) is 0 Å². The Morgan fingerprint density at radius 1 is 1.44 bits per heavy atom. The van der Waals surface area contributed by atoms with Gasteiger partial charge in [0.05, 0.1) is 5.69 Å². The maximum absolute atomic E-state index is 13.6. The van der Waals surface area contributed by atoms with Crippen LogP contribution < -0.4 is 0 Å². The van der Waals surface area contributed by atoms with Crippen LogP contribution in [0.15, 0.2) is 18.2 Å². The summed E-state index contributed by atoms with van der Waals surface area (Å²) in [5.74, 6) is -1.26. The molecule has 16 heavy (non-hydrogen) atoms. The van der Waals surface area contributed by atoms with Crippen molar-refractivity contribution in [2.75, 3.05) is 0 Å². The van der Waals surface area contributed by atoms with Gasteiger partial charge in [-0.25, -0.2) is 8.78 Å². The molecular formula is C10H9F2N3S. The average Bonchev–Trinajstić information content (AvgIpc) is 2.64. The van der Waals surface area contributed by atoms with Crippen molar-refractivity contribution in [3.8, 4) is 5.69 Å². The zero-order valence-electron chi connectivity index (χ0n) is 8.50. The number of aromatic nitrogens is 3. The molecule has 0 fully saturated rings. The van der Waals surface area contributed by atoms with Crippen LogP contribution in [-0.4, -0.2) is 14.8 Å². The van der Waals surface area contributed by atoms with Crippen LogP contribution in [0.1, 0.15) is 12.7 Å². The van der Waals surface area contributed by atoms with Crippen molar-refractivity contribution in [3.05, 3.63) is 40.4 Å². The zero-order valence-corrected chi connectivity index (χ0v) is 9.31. The minimum atomic E-state index is -0.922. The van der Waals surface area contributed by atoms with E-state index in [9.17, 15) is 8.78 Å². The Bertz CT molecular complexity index is 574. The maximum atomic E-state index is 13.6. The first-order valence-electron chi connectivity index (χ1n) is 4.75. The van der Waals surface area contributed by atoms with E-state index in [0.717, 1.165) is 6.07 Å². The molecule has 1 N–H and O–H groups in total. The standard InChI is InChI=1S/C10H9F2N3S/c1-2-8-13-14-10(16)15(8)7-5-3-4-6(11)9(7)12/h3-5H,2H2,1H3,(H,14,16). The van der Waals surface area contributed by atoms with Crippen LogP contribution in [0.4, 0.5) is 8.78 Å². The lowest BCUT2D eigenvalue weighted by Gasteiger charge is -2.06. The molecule has 3 nitrogen and oxygen atoms in total. The van der Waals surface area contributed by atoms with Gasteiger partial charge in [0, 0.05) is 6.42 Å². The predicted molar refractivity (Wildman–Crippen MR) is 58.0 cm³/mol. The van der Waals surface area contributed by atoms with E-state index in [1.165, 1.54) is 16.7 Å². The molecule has 0 saturated heterocycles. The molecule has 0 aliphatic rings. The molecular weight excluding hydrogens is 232 g/mol. The Kier molecular flexibility index (Phi) is 2.82. The minimum Gasteiger partial charge on any atom is -0.269 e. The lowest BCUT2D eigenvalue weighted by Crippen LogP contribution is -2.04. The Labute approximate surface area is 95.7 Å². The third-order valence-electron chi connectivity index (χ3n) is 2.23. The molecule has 0 unspecified atom stereocenters. The number of nitrogens with zero attached hydrogens (tertiary/aromatic N) is 2. The van der Waals surface area contributed by atoms with Gasteiger partial charge in [0.15, 0.2) is 16.4 Å². The third-order valence-corrected chi connectivity index (χ3v) is 2.50. The molecule has 2 aromatic rings. The number of rotatable bonds is 2. The van der Waals surface area contributed by atoms with Crippen LogP contribution in [0.3, 0.4) is 0 Å². The molecule has 0 spiro atoms. The number of hydrogen-bond acceptors (Lipinski definition) is 2. The van der Waals surface area contributed by atoms with Crippen molar-refractivity contribution in [2.45, 2.75) is 13.3 Å². The van der Waals surface area contributed by atoms with Gasteiger partial charge in [0.2, 0.25) is 0 Å². The van der Waals surface area contributed by atoms with Gasteiger partial charge in [-0.3, -0.25) is 9.67 Å². The number of nitrogens with one attached hydrogen (secondary N) is 1. The van der Waals surface area contributed by atoms with E-state index in [-0.39, 0.29) is 10.5 Å². The van der Waals surface area contributed by atoms with Gasteiger partial charge in [-0.2, -0.15) is 5.10 Å². The van der Waals surface area contributed by atoms with Gasteiger partial charge in [-0.05, 0) is 24.4 Å². The van der Waals surface area contributed by atoms with Gasteiger partial charge in [-0.1, -0.05) is 13.0 Å². The van der Waals surface area contributed by atoms with Gasteiger partial charge in [-0.15, -0.1) is 0 Å². The topological polar surface area (TPSA) is 33.6 Å². The van der Waals surface area contributed by atoms with Crippen LogP contribution in [-0.2, 0) is 6.42 Å². The van der Waals surface area contributed by atoms with E-state index in [0.29, 0.717) is 12.2 Å². The normalized spacial score (nSPS) is 10.7. The van der Waals surface area contributed by atoms with Gasteiger partial charge >= 0.3 is 0 Å². The summed E-state index contributed by atoms with van der Waals surface area (Å²) < 4.78 is 28.3. The number of aromatic amines is 1. The summed E-state index contributed by atoms with van der Waals surface area (Å²) in [4.78, 5) is 0. The van der Waals surface area contributed by atoms with Crippen LogP contribution >= 0.6 is 12.2 Å². The third kappa shape index (κ3) is 1.65. The van der Waals surface area contributed by atoms with E-state index >= 15 is 0 Å². The van der Waals surface area contributed by atoms with Crippen molar-refractivity contribution in [1.82, 2.24) is 14.8 Å². The molecule has 6 heteroatoms. The first-order chi connectivity index (χ1) is 7.65. The summed E-state index contributed by atoms with van der Waals surface area (Å²) in [7, 11) is 0. The molecule has 0 aliphatic heterocycles. The number of H-pyrrole nitrogens is 1. The highest BCUT2D eigenvalue weighted by Crippen LogP contribution is 2.18. The lowest BCUT2D eigenvalue weighted by molar-refractivity contribution is 0.503. The van der Waals surface area contributed by atoms with Gasteiger partial charge in [0.1, 0.15) is 5.82 Å². The largest absolute Gasteiger partial charge is 0.269 e. The molecule has 1 aromatic carbocycles. The molecule has 0 bridgehead atoms. The van der Waals surface area contributed by atoms with Crippen molar-refractivity contribution in [1.29, 1.82) is 0 Å². The predicted octanol–water partition coefficient (Wildman–Crippen LogP) is 2.77. The van der Waals surface area contributed by atoms with Crippen LogP contribution in [0.2, 0.25) is 0 Å². The quantitative estimate of drug-likeness (QED) is 0.820. The van der Waals surface area contributed by atoms with E-state index in [1.807, 2.05) is 6.92 Å². The molecule has 1 aromatic heterocycles. The Balaban J connectivity index is 2.72. The monoisotopic (exact) mass is 241 g/mol. The molecule has 0 atom stereocenters. The first-order valence-corrected chi connectivity index (χ1v) is 5.16. The molecule has 0 amide bonds. The lowest BCUT2D eigenvalue weighted by atomic mass is 10.3. The second-order valence-electron chi connectivity index (χ2n) is 3.21. The summed E-state index contributed by atoms with van der Waals surface area (Å²) in [5, 5.41) is 6.50. The zero-order chi connectivity index (χ0) is 11.7. The summed E-state index contributed by atoms with van der Waals surface area (Å²) in [6.45, 7) is 1.86.